The first-order valence-electron chi connectivity index (χ1n) is 8.76. The van der Waals surface area contributed by atoms with Gasteiger partial charge in [0.05, 0.1) is 4.90 Å². The minimum atomic E-state index is -3.64. The lowest BCUT2D eigenvalue weighted by Crippen LogP contribution is -2.18. The molecule has 0 aliphatic carbocycles. The van der Waals surface area contributed by atoms with Crippen LogP contribution in [0, 0.1) is 11.8 Å². The lowest BCUT2D eigenvalue weighted by Gasteiger charge is -2.08. The molecular weight excluding hydrogens is 362 g/mol. The van der Waals surface area contributed by atoms with Gasteiger partial charge in [-0.2, -0.15) is 13.5 Å². The van der Waals surface area contributed by atoms with Gasteiger partial charge in [0.15, 0.2) is 5.75 Å². The van der Waals surface area contributed by atoms with Crippen LogP contribution < -0.4 is 9.67 Å². The summed E-state index contributed by atoms with van der Waals surface area (Å²) in [5.41, 5.74) is 1.01. The van der Waals surface area contributed by atoms with Gasteiger partial charge < -0.3 is 4.84 Å². The molecule has 1 unspecified atom stereocenters. The lowest BCUT2D eigenvalue weighted by molar-refractivity contribution is 0.340. The average Bonchev–Trinajstić information content (AvgIpc) is 2.62. The predicted molar refractivity (Wildman–Crippen MR) is 109 cm³/mol. The Bertz CT molecular complexity index is 861. The molecule has 0 radical (unpaired) electrons. The summed E-state index contributed by atoms with van der Waals surface area (Å²) in [5.74, 6) is 0.997. The number of rotatable bonds is 9. The van der Waals surface area contributed by atoms with Crippen LogP contribution in [0.3, 0.4) is 0 Å². The van der Waals surface area contributed by atoms with Gasteiger partial charge in [0.2, 0.25) is 0 Å². The SMILES string of the molecule is CC(C)/C=N/NS(=O)(=O)c1ccc(CC(C)/C=N/Oc2ccccc2)cc1. The van der Waals surface area contributed by atoms with Gasteiger partial charge in [-0.25, -0.2) is 4.83 Å². The van der Waals surface area contributed by atoms with Crippen LogP contribution in [0.25, 0.3) is 0 Å². The number of hydrazone groups is 1. The molecule has 0 saturated heterocycles. The van der Waals surface area contributed by atoms with E-state index in [4.69, 9.17) is 4.84 Å². The number of hydrogen-bond acceptors (Lipinski definition) is 5. The van der Waals surface area contributed by atoms with Crippen molar-refractivity contribution in [2.24, 2.45) is 22.1 Å². The Balaban J connectivity index is 1.90. The average molecular weight is 388 g/mol. The van der Waals surface area contributed by atoms with Crippen molar-refractivity contribution in [3.63, 3.8) is 0 Å². The fraction of sp³-hybridized carbons (Fsp3) is 0.300. The van der Waals surface area contributed by atoms with Crippen LogP contribution in [0.5, 0.6) is 5.75 Å². The molecular formula is C20H25N3O3S. The van der Waals surface area contributed by atoms with Gasteiger partial charge >= 0.3 is 0 Å². The minimum Gasteiger partial charge on any atom is -0.357 e. The van der Waals surface area contributed by atoms with E-state index >= 15 is 0 Å². The molecule has 0 fully saturated rings. The third kappa shape index (κ3) is 7.22. The highest BCUT2D eigenvalue weighted by atomic mass is 32.2. The Labute approximate surface area is 161 Å². The van der Waals surface area contributed by atoms with Gasteiger partial charge in [-0.1, -0.05) is 56.3 Å². The first-order valence-corrected chi connectivity index (χ1v) is 10.2. The second kappa shape index (κ2) is 9.87. The third-order valence-electron chi connectivity index (χ3n) is 3.55. The second-order valence-electron chi connectivity index (χ2n) is 6.60. The molecule has 0 amide bonds. The van der Waals surface area contributed by atoms with Crippen molar-refractivity contribution >= 4 is 22.5 Å². The molecule has 0 bridgehead atoms. The quantitative estimate of drug-likeness (QED) is 0.524. The van der Waals surface area contributed by atoms with E-state index in [1.807, 2.05) is 51.1 Å². The molecule has 1 N–H and O–H groups in total. The predicted octanol–water partition coefficient (Wildman–Crippen LogP) is 3.85. The summed E-state index contributed by atoms with van der Waals surface area (Å²) < 4.78 is 24.3. The van der Waals surface area contributed by atoms with E-state index in [2.05, 4.69) is 15.1 Å². The molecule has 27 heavy (non-hydrogen) atoms. The van der Waals surface area contributed by atoms with Crippen molar-refractivity contribution < 1.29 is 13.3 Å². The first kappa shape index (κ1) is 20.6. The minimum absolute atomic E-state index is 0.143. The van der Waals surface area contributed by atoms with Crippen LogP contribution in [0.15, 0.2) is 69.7 Å². The van der Waals surface area contributed by atoms with E-state index in [0.29, 0.717) is 5.75 Å². The zero-order chi connectivity index (χ0) is 19.7. The van der Waals surface area contributed by atoms with Gasteiger partial charge in [-0.15, -0.1) is 0 Å². The van der Waals surface area contributed by atoms with E-state index in [9.17, 15) is 8.42 Å². The van der Waals surface area contributed by atoms with Crippen molar-refractivity contribution in [1.82, 2.24) is 4.83 Å². The Morgan fingerprint density at radius 3 is 2.30 bits per heavy atom. The maximum atomic E-state index is 12.2. The normalized spacial score (nSPS) is 13.3. The summed E-state index contributed by atoms with van der Waals surface area (Å²) in [4.78, 5) is 7.70. The molecule has 7 heteroatoms. The highest BCUT2D eigenvalue weighted by Crippen LogP contribution is 2.14. The van der Waals surface area contributed by atoms with Crippen molar-refractivity contribution in [2.75, 3.05) is 0 Å². The molecule has 0 aliphatic heterocycles. The monoisotopic (exact) mass is 387 g/mol. The fourth-order valence-corrected chi connectivity index (χ4v) is 3.01. The summed E-state index contributed by atoms with van der Waals surface area (Å²) in [6.07, 6.45) is 4.01. The molecule has 2 rings (SSSR count). The van der Waals surface area contributed by atoms with Crippen molar-refractivity contribution in [1.29, 1.82) is 0 Å². The van der Waals surface area contributed by atoms with Crippen molar-refractivity contribution in [2.45, 2.75) is 32.1 Å². The molecule has 1 atom stereocenters. The van der Waals surface area contributed by atoms with Crippen LogP contribution in [0.2, 0.25) is 0 Å². The van der Waals surface area contributed by atoms with E-state index in [1.54, 1.807) is 36.7 Å². The number of hydrogen-bond donors (Lipinski definition) is 1. The highest BCUT2D eigenvalue weighted by Gasteiger charge is 2.12. The topological polar surface area (TPSA) is 80.1 Å². The van der Waals surface area contributed by atoms with Crippen LogP contribution in [0.1, 0.15) is 26.3 Å². The Kier molecular flexibility index (Phi) is 7.55. The largest absolute Gasteiger partial charge is 0.357 e. The summed E-state index contributed by atoms with van der Waals surface area (Å²) in [7, 11) is -3.64. The van der Waals surface area contributed by atoms with E-state index in [0.717, 1.165) is 12.0 Å². The van der Waals surface area contributed by atoms with Crippen molar-refractivity contribution in [3.8, 4) is 5.75 Å². The Morgan fingerprint density at radius 2 is 1.67 bits per heavy atom. The summed E-state index contributed by atoms with van der Waals surface area (Å²) >= 11 is 0. The summed E-state index contributed by atoms with van der Waals surface area (Å²) in [5, 5.41) is 7.75. The molecule has 2 aromatic carbocycles. The van der Waals surface area contributed by atoms with E-state index in [-0.39, 0.29) is 16.7 Å². The fourth-order valence-electron chi connectivity index (χ4n) is 2.21. The highest BCUT2D eigenvalue weighted by molar-refractivity contribution is 7.89. The standard InChI is InChI=1S/C20H25N3O3S/c1-16(2)14-21-23-27(24,25)20-11-9-18(10-12-20)13-17(3)15-22-26-19-7-5-4-6-8-19/h4-12,14-17,23H,13H2,1-3H3/b21-14+,22-15+. The van der Waals surface area contributed by atoms with Gasteiger partial charge in [0.25, 0.3) is 10.0 Å². The Hall–Kier alpha value is -2.67. The molecule has 144 valence electrons. The number of sulfonamides is 1. The third-order valence-corrected chi connectivity index (χ3v) is 4.79. The van der Waals surface area contributed by atoms with Crippen LogP contribution >= 0.6 is 0 Å². The molecule has 6 nitrogen and oxygen atoms in total. The zero-order valence-electron chi connectivity index (χ0n) is 15.7. The summed E-state index contributed by atoms with van der Waals surface area (Å²) in [6.45, 7) is 5.86. The lowest BCUT2D eigenvalue weighted by atomic mass is 10.0. The first-order chi connectivity index (χ1) is 12.9. The Morgan fingerprint density at radius 1 is 1.00 bits per heavy atom. The molecule has 2 aromatic rings. The van der Waals surface area contributed by atoms with Gasteiger partial charge in [-0.3, -0.25) is 0 Å². The van der Waals surface area contributed by atoms with E-state index in [1.165, 1.54) is 0 Å². The van der Waals surface area contributed by atoms with Gasteiger partial charge in [0.1, 0.15) is 0 Å². The molecule has 0 spiro atoms. The summed E-state index contributed by atoms with van der Waals surface area (Å²) in [6, 6.07) is 16.1. The van der Waals surface area contributed by atoms with E-state index < -0.39 is 10.0 Å². The number of benzene rings is 2. The number of nitrogens with one attached hydrogen (secondary N) is 1. The van der Waals surface area contributed by atoms with Gasteiger partial charge in [0, 0.05) is 12.4 Å². The van der Waals surface area contributed by atoms with Crippen LogP contribution in [-0.2, 0) is 16.4 Å². The second-order valence-corrected chi connectivity index (χ2v) is 8.26. The number of para-hydroxylation sites is 1. The van der Waals surface area contributed by atoms with Crippen LogP contribution in [0.4, 0.5) is 0 Å². The maximum absolute atomic E-state index is 12.2. The van der Waals surface area contributed by atoms with Crippen molar-refractivity contribution in [3.05, 3.63) is 60.2 Å². The molecule has 0 heterocycles. The molecule has 0 aliphatic rings. The maximum Gasteiger partial charge on any atom is 0.276 e. The molecule has 0 saturated carbocycles. The smallest absolute Gasteiger partial charge is 0.276 e. The molecule has 0 aromatic heterocycles. The number of oxime groups is 1. The zero-order valence-corrected chi connectivity index (χ0v) is 16.6. The number of nitrogens with zero attached hydrogens (tertiary/aromatic N) is 2. The van der Waals surface area contributed by atoms with Crippen LogP contribution in [-0.4, -0.2) is 20.8 Å². The van der Waals surface area contributed by atoms with Gasteiger partial charge in [-0.05, 0) is 48.1 Å².